The van der Waals surface area contributed by atoms with Crippen molar-refractivity contribution in [3.05, 3.63) is 51.3 Å². The highest BCUT2D eigenvalue weighted by Gasteiger charge is 2.15. The zero-order valence-electron chi connectivity index (χ0n) is 14.6. The molecule has 1 N–H and O–H groups in total. The lowest BCUT2D eigenvalue weighted by molar-refractivity contribution is -0.120. The van der Waals surface area contributed by atoms with E-state index in [1.807, 2.05) is 19.9 Å². The number of halogens is 1. The van der Waals surface area contributed by atoms with Crippen molar-refractivity contribution in [1.82, 2.24) is 15.1 Å². The zero-order chi connectivity index (χ0) is 18.4. The Bertz CT molecular complexity index is 807. The number of thioether (sulfide) groups is 1. The summed E-state index contributed by atoms with van der Waals surface area (Å²) in [5.74, 6) is -0.0311. The maximum absolute atomic E-state index is 12.1. The molecule has 1 atom stereocenters. The van der Waals surface area contributed by atoms with Crippen LogP contribution in [0.4, 0.5) is 0 Å². The third-order valence-corrected chi connectivity index (χ3v) is 5.11. The lowest BCUT2D eigenvalue weighted by Gasteiger charge is -2.12. The van der Waals surface area contributed by atoms with E-state index in [1.54, 1.807) is 18.2 Å². The molecule has 1 heterocycles. The fraction of sp³-hybridized carbons (Fsp3) is 0.389. The second-order valence-electron chi connectivity index (χ2n) is 5.76. The summed E-state index contributed by atoms with van der Waals surface area (Å²) < 4.78 is 1.30. The van der Waals surface area contributed by atoms with Crippen LogP contribution in [-0.2, 0) is 4.79 Å². The third kappa shape index (κ3) is 5.34. The number of hydrogen-bond donors (Lipinski definition) is 1. The molecular formula is C18H22ClN3O2S. The number of nitrogens with one attached hydrogen (secondary N) is 1. The van der Waals surface area contributed by atoms with Crippen LogP contribution in [0.25, 0.3) is 5.69 Å². The quantitative estimate of drug-likeness (QED) is 0.589. The van der Waals surface area contributed by atoms with Gasteiger partial charge in [0.05, 0.1) is 10.9 Å². The molecule has 0 unspecified atom stereocenters. The fourth-order valence-corrected chi connectivity index (χ4v) is 3.13. The van der Waals surface area contributed by atoms with Gasteiger partial charge in [0.1, 0.15) is 5.03 Å². The van der Waals surface area contributed by atoms with E-state index in [2.05, 4.69) is 17.3 Å². The smallest absolute Gasteiger partial charge is 0.271 e. The van der Waals surface area contributed by atoms with E-state index in [9.17, 15) is 9.59 Å². The maximum atomic E-state index is 12.1. The monoisotopic (exact) mass is 379 g/mol. The van der Waals surface area contributed by atoms with Crippen molar-refractivity contribution in [2.75, 3.05) is 6.54 Å². The van der Waals surface area contributed by atoms with Gasteiger partial charge < -0.3 is 5.32 Å². The van der Waals surface area contributed by atoms with E-state index in [0.717, 1.165) is 18.4 Å². The average Bonchev–Trinajstić information content (AvgIpc) is 2.59. The van der Waals surface area contributed by atoms with Crippen LogP contribution in [0.1, 0.15) is 32.3 Å². The van der Waals surface area contributed by atoms with Gasteiger partial charge in [0.2, 0.25) is 5.91 Å². The van der Waals surface area contributed by atoms with Crippen LogP contribution in [0, 0.1) is 6.92 Å². The van der Waals surface area contributed by atoms with Crippen molar-refractivity contribution < 1.29 is 4.79 Å². The molecule has 0 aliphatic carbocycles. The number of aryl methyl sites for hydroxylation is 1. The molecule has 0 spiro atoms. The Morgan fingerprint density at radius 1 is 1.36 bits per heavy atom. The summed E-state index contributed by atoms with van der Waals surface area (Å²) in [5, 5.41) is 8.15. The van der Waals surface area contributed by atoms with Crippen LogP contribution < -0.4 is 10.9 Å². The molecule has 2 rings (SSSR count). The van der Waals surface area contributed by atoms with Crippen molar-refractivity contribution >= 4 is 29.3 Å². The van der Waals surface area contributed by atoms with Gasteiger partial charge in [-0.25, -0.2) is 0 Å². The number of carbonyl (C=O) groups excluding carboxylic acids is 1. The second-order valence-corrected chi connectivity index (χ2v) is 7.53. The summed E-state index contributed by atoms with van der Waals surface area (Å²) in [6.45, 7) is 6.48. The molecule has 1 amide bonds. The predicted molar refractivity (Wildman–Crippen MR) is 103 cm³/mol. The van der Waals surface area contributed by atoms with Crippen LogP contribution in [0.5, 0.6) is 0 Å². The molecule has 0 fully saturated rings. The Labute approximate surface area is 156 Å². The molecule has 0 radical (unpaired) electrons. The Hall–Kier alpha value is -1.79. The van der Waals surface area contributed by atoms with Gasteiger partial charge in [-0.1, -0.05) is 42.8 Å². The molecule has 0 saturated heterocycles. The molecule has 0 saturated carbocycles. The zero-order valence-corrected chi connectivity index (χ0v) is 16.2. The normalized spacial score (nSPS) is 12.0. The first-order valence-electron chi connectivity index (χ1n) is 8.23. The van der Waals surface area contributed by atoms with E-state index in [-0.39, 0.29) is 16.7 Å². The van der Waals surface area contributed by atoms with Gasteiger partial charge in [0, 0.05) is 17.6 Å². The van der Waals surface area contributed by atoms with Crippen molar-refractivity contribution in [3.63, 3.8) is 0 Å². The average molecular weight is 380 g/mol. The fourth-order valence-electron chi connectivity index (χ4n) is 2.12. The highest BCUT2D eigenvalue weighted by Crippen LogP contribution is 2.22. The van der Waals surface area contributed by atoms with Gasteiger partial charge in [-0.3, -0.25) is 9.59 Å². The summed E-state index contributed by atoms with van der Waals surface area (Å²) >= 11 is 7.46. The van der Waals surface area contributed by atoms with Crippen LogP contribution in [-0.4, -0.2) is 27.5 Å². The van der Waals surface area contributed by atoms with Gasteiger partial charge in [-0.2, -0.15) is 9.78 Å². The van der Waals surface area contributed by atoms with Gasteiger partial charge in [0.15, 0.2) is 0 Å². The summed E-state index contributed by atoms with van der Waals surface area (Å²) in [4.78, 5) is 24.2. The lowest BCUT2D eigenvalue weighted by Crippen LogP contribution is -2.31. The highest BCUT2D eigenvalue weighted by molar-refractivity contribution is 8.00. The molecule has 2 aromatic rings. The van der Waals surface area contributed by atoms with Gasteiger partial charge in [0.25, 0.3) is 5.56 Å². The summed E-state index contributed by atoms with van der Waals surface area (Å²) in [5.41, 5.74) is 1.29. The number of benzene rings is 1. The van der Waals surface area contributed by atoms with Gasteiger partial charge in [-0.15, -0.1) is 0 Å². The van der Waals surface area contributed by atoms with Gasteiger partial charge >= 0.3 is 0 Å². The molecule has 1 aromatic heterocycles. The van der Waals surface area contributed by atoms with Crippen molar-refractivity contribution in [2.45, 2.75) is 43.9 Å². The number of hydrogen-bond acceptors (Lipinski definition) is 4. The summed E-state index contributed by atoms with van der Waals surface area (Å²) in [6.07, 6.45) is 1.99. The number of nitrogens with zero attached hydrogens (tertiary/aromatic N) is 2. The molecule has 5 nitrogen and oxygen atoms in total. The number of aromatic nitrogens is 2. The van der Waals surface area contributed by atoms with E-state index in [4.69, 9.17) is 11.6 Å². The van der Waals surface area contributed by atoms with E-state index in [1.165, 1.54) is 22.5 Å². The molecule has 0 aliphatic heterocycles. The SMILES string of the molecule is CCCCNC(=O)[C@H](C)Sc1ccc(=O)n(-c2ccc(C)c(Cl)c2)n1. The Balaban J connectivity index is 2.17. The van der Waals surface area contributed by atoms with E-state index in [0.29, 0.717) is 22.3 Å². The first-order chi connectivity index (χ1) is 11.9. The largest absolute Gasteiger partial charge is 0.355 e. The van der Waals surface area contributed by atoms with E-state index < -0.39 is 0 Å². The first-order valence-corrected chi connectivity index (χ1v) is 9.49. The molecule has 0 bridgehead atoms. The highest BCUT2D eigenvalue weighted by atomic mass is 35.5. The molecule has 7 heteroatoms. The minimum absolute atomic E-state index is 0.0311. The van der Waals surface area contributed by atoms with Gasteiger partial charge in [-0.05, 0) is 44.0 Å². The standard InChI is InChI=1S/C18H22ClN3O2S/c1-4-5-10-20-18(24)13(3)25-16-8-9-17(23)22(21-16)14-7-6-12(2)15(19)11-14/h6-9,11,13H,4-5,10H2,1-3H3,(H,20,24)/t13-/m0/s1. The van der Waals surface area contributed by atoms with Crippen molar-refractivity contribution in [1.29, 1.82) is 0 Å². The first kappa shape index (κ1) is 19.5. The Morgan fingerprint density at radius 3 is 2.80 bits per heavy atom. The lowest BCUT2D eigenvalue weighted by atomic mass is 10.2. The molecule has 25 heavy (non-hydrogen) atoms. The summed E-state index contributed by atoms with van der Waals surface area (Å²) in [6, 6.07) is 8.43. The molecule has 0 aliphatic rings. The third-order valence-electron chi connectivity index (χ3n) is 3.67. The van der Waals surface area contributed by atoms with Crippen molar-refractivity contribution in [3.8, 4) is 5.69 Å². The van der Waals surface area contributed by atoms with Crippen LogP contribution in [0.2, 0.25) is 5.02 Å². The number of unbranched alkanes of at least 4 members (excludes halogenated alkanes) is 1. The number of amides is 1. The van der Waals surface area contributed by atoms with Crippen LogP contribution >= 0.6 is 23.4 Å². The number of carbonyl (C=O) groups is 1. The minimum Gasteiger partial charge on any atom is -0.355 e. The topological polar surface area (TPSA) is 64.0 Å². The second kappa shape index (κ2) is 9.06. The maximum Gasteiger partial charge on any atom is 0.271 e. The Kier molecular flexibility index (Phi) is 7.08. The number of rotatable bonds is 7. The van der Waals surface area contributed by atoms with Crippen LogP contribution in [0.3, 0.4) is 0 Å². The van der Waals surface area contributed by atoms with Crippen molar-refractivity contribution in [2.24, 2.45) is 0 Å². The predicted octanol–water partition coefficient (Wildman–Crippen LogP) is 3.59. The molecule has 134 valence electrons. The van der Waals surface area contributed by atoms with Crippen LogP contribution in [0.15, 0.2) is 40.2 Å². The molecular weight excluding hydrogens is 358 g/mol. The minimum atomic E-state index is -0.295. The van der Waals surface area contributed by atoms with E-state index >= 15 is 0 Å². The molecule has 1 aromatic carbocycles. The Morgan fingerprint density at radius 2 is 2.12 bits per heavy atom. The summed E-state index contributed by atoms with van der Waals surface area (Å²) in [7, 11) is 0.